The van der Waals surface area contributed by atoms with Gasteiger partial charge in [-0.25, -0.2) is 9.18 Å². The maximum Gasteiger partial charge on any atom is 0.341 e. The fraction of sp³-hybridized carbons (Fsp3) is 0.0870. The Labute approximate surface area is 167 Å². The average molecular weight is 394 g/mol. The van der Waals surface area contributed by atoms with Crippen LogP contribution in [-0.2, 0) is 4.79 Å². The highest BCUT2D eigenvalue weighted by Crippen LogP contribution is 2.27. The zero-order valence-corrected chi connectivity index (χ0v) is 15.9. The van der Waals surface area contributed by atoms with Gasteiger partial charge in [0.1, 0.15) is 11.6 Å². The Balaban J connectivity index is 1.71. The van der Waals surface area contributed by atoms with E-state index in [9.17, 15) is 9.18 Å². The molecule has 0 spiro atoms. The monoisotopic (exact) mass is 394 g/mol. The molecule has 0 aromatic heterocycles. The van der Waals surface area contributed by atoms with Crippen LogP contribution in [0.1, 0.15) is 11.1 Å². The molecule has 0 saturated carbocycles. The van der Waals surface area contributed by atoms with Crippen molar-refractivity contribution in [2.45, 2.75) is 4.90 Å². The van der Waals surface area contributed by atoms with E-state index in [1.54, 1.807) is 36.0 Å². The molecule has 0 radical (unpaired) electrons. The smallest absolute Gasteiger partial charge is 0.341 e. The van der Waals surface area contributed by atoms with E-state index < -0.39 is 5.97 Å². The van der Waals surface area contributed by atoms with Crippen LogP contribution in [0.25, 0.3) is 5.57 Å². The number of hydrogen-bond acceptors (Lipinski definition) is 3. The van der Waals surface area contributed by atoms with Gasteiger partial charge in [-0.05, 0) is 53.1 Å². The van der Waals surface area contributed by atoms with E-state index >= 15 is 0 Å². The molecule has 3 nitrogen and oxygen atoms in total. The Bertz CT molecular complexity index is 936. The maximum atomic E-state index is 13.3. The first-order chi connectivity index (χ1) is 13.6. The summed E-state index contributed by atoms with van der Waals surface area (Å²) < 4.78 is 18.4. The topological polar surface area (TPSA) is 46.5 Å². The SMILES string of the molecule is O=C(O)COc1ccc(SC/C=C(/c2ccccc2)c2ccc(F)cc2)cc1. The van der Waals surface area contributed by atoms with Gasteiger partial charge in [0.25, 0.3) is 0 Å². The van der Waals surface area contributed by atoms with Crippen molar-refractivity contribution in [1.29, 1.82) is 0 Å². The van der Waals surface area contributed by atoms with Crippen LogP contribution in [0.15, 0.2) is 89.8 Å². The van der Waals surface area contributed by atoms with Crippen molar-refractivity contribution in [1.82, 2.24) is 0 Å². The van der Waals surface area contributed by atoms with Gasteiger partial charge in [-0.1, -0.05) is 48.5 Å². The van der Waals surface area contributed by atoms with Crippen molar-refractivity contribution in [2.75, 3.05) is 12.4 Å². The van der Waals surface area contributed by atoms with E-state index in [1.807, 2.05) is 42.5 Å². The minimum Gasteiger partial charge on any atom is -0.482 e. The molecule has 0 aliphatic rings. The molecular formula is C23H19FO3S. The molecule has 3 rings (SSSR count). The number of ether oxygens (including phenoxy) is 1. The summed E-state index contributed by atoms with van der Waals surface area (Å²) in [5.74, 6) is 0.00357. The number of carboxylic acid groups (broad SMARTS) is 1. The highest BCUT2D eigenvalue weighted by atomic mass is 32.2. The van der Waals surface area contributed by atoms with Gasteiger partial charge in [0, 0.05) is 10.6 Å². The van der Waals surface area contributed by atoms with Crippen LogP contribution in [0.3, 0.4) is 0 Å². The van der Waals surface area contributed by atoms with Gasteiger partial charge in [-0.2, -0.15) is 0 Å². The molecule has 0 saturated heterocycles. The molecule has 0 atom stereocenters. The second kappa shape index (κ2) is 9.76. The predicted molar refractivity (Wildman–Crippen MR) is 110 cm³/mol. The van der Waals surface area contributed by atoms with Crippen LogP contribution in [0, 0.1) is 5.82 Å². The third kappa shape index (κ3) is 5.72. The molecule has 3 aromatic rings. The standard InChI is InChI=1S/C23H19FO3S/c24-19-8-6-18(7-9-19)22(17-4-2-1-3-5-17)14-15-28-21-12-10-20(11-13-21)27-16-23(25)26/h1-14H,15-16H2,(H,25,26)/b22-14-. The second-order valence-electron chi connectivity index (χ2n) is 5.96. The van der Waals surface area contributed by atoms with Crippen LogP contribution < -0.4 is 4.74 Å². The Hall–Kier alpha value is -3.05. The Morgan fingerprint density at radius 3 is 2.21 bits per heavy atom. The van der Waals surface area contributed by atoms with E-state index in [-0.39, 0.29) is 12.4 Å². The molecule has 0 aliphatic carbocycles. The van der Waals surface area contributed by atoms with Crippen LogP contribution >= 0.6 is 11.8 Å². The Morgan fingerprint density at radius 2 is 1.57 bits per heavy atom. The molecule has 28 heavy (non-hydrogen) atoms. The van der Waals surface area contributed by atoms with Gasteiger partial charge in [-0.3, -0.25) is 0 Å². The zero-order chi connectivity index (χ0) is 19.8. The Kier molecular flexibility index (Phi) is 6.87. The molecule has 0 unspecified atom stereocenters. The van der Waals surface area contributed by atoms with Crippen LogP contribution in [-0.4, -0.2) is 23.4 Å². The molecule has 142 valence electrons. The van der Waals surface area contributed by atoms with Gasteiger partial charge >= 0.3 is 5.97 Å². The average Bonchev–Trinajstić information content (AvgIpc) is 2.72. The molecular weight excluding hydrogens is 375 g/mol. The fourth-order valence-corrected chi connectivity index (χ4v) is 3.42. The lowest BCUT2D eigenvalue weighted by atomic mass is 9.98. The van der Waals surface area contributed by atoms with E-state index in [2.05, 4.69) is 6.08 Å². The number of rotatable bonds is 8. The summed E-state index contributed by atoms with van der Waals surface area (Å²) in [7, 11) is 0. The first-order valence-electron chi connectivity index (χ1n) is 8.71. The molecule has 0 amide bonds. The zero-order valence-electron chi connectivity index (χ0n) is 15.0. The van der Waals surface area contributed by atoms with Crippen molar-refractivity contribution in [3.63, 3.8) is 0 Å². The summed E-state index contributed by atoms with van der Waals surface area (Å²) in [5.41, 5.74) is 3.09. The van der Waals surface area contributed by atoms with Crippen molar-refractivity contribution < 1.29 is 19.0 Å². The van der Waals surface area contributed by atoms with Crippen LogP contribution in [0.4, 0.5) is 4.39 Å². The molecule has 1 N–H and O–H groups in total. The summed E-state index contributed by atoms with van der Waals surface area (Å²) in [6.07, 6.45) is 2.13. The number of aliphatic carboxylic acids is 1. The van der Waals surface area contributed by atoms with Crippen LogP contribution in [0.5, 0.6) is 5.75 Å². The van der Waals surface area contributed by atoms with E-state index in [0.717, 1.165) is 27.3 Å². The van der Waals surface area contributed by atoms with Crippen molar-refractivity contribution in [2.24, 2.45) is 0 Å². The highest BCUT2D eigenvalue weighted by molar-refractivity contribution is 7.99. The first kappa shape index (κ1) is 19.7. The van der Waals surface area contributed by atoms with E-state index in [4.69, 9.17) is 9.84 Å². The number of carboxylic acids is 1. The van der Waals surface area contributed by atoms with Gasteiger partial charge in [-0.15, -0.1) is 11.8 Å². The molecule has 0 aliphatic heterocycles. The van der Waals surface area contributed by atoms with Crippen molar-refractivity contribution in [3.05, 3.63) is 102 Å². The molecule has 5 heteroatoms. The molecule has 0 fully saturated rings. The lowest BCUT2D eigenvalue weighted by molar-refractivity contribution is -0.139. The van der Waals surface area contributed by atoms with Crippen LogP contribution in [0.2, 0.25) is 0 Å². The summed E-state index contributed by atoms with van der Waals surface area (Å²) in [5, 5.41) is 8.64. The summed E-state index contributed by atoms with van der Waals surface area (Å²) in [4.78, 5) is 11.6. The number of hydrogen-bond donors (Lipinski definition) is 1. The number of benzene rings is 3. The molecule has 3 aromatic carbocycles. The lowest BCUT2D eigenvalue weighted by Crippen LogP contribution is -2.09. The highest BCUT2D eigenvalue weighted by Gasteiger charge is 2.05. The van der Waals surface area contributed by atoms with Gasteiger partial charge in [0.15, 0.2) is 6.61 Å². The van der Waals surface area contributed by atoms with Crippen molar-refractivity contribution in [3.8, 4) is 5.75 Å². The minimum absolute atomic E-state index is 0.254. The third-order valence-corrected chi connectivity index (χ3v) is 4.90. The minimum atomic E-state index is -1.00. The Morgan fingerprint density at radius 1 is 0.929 bits per heavy atom. The number of halogens is 1. The van der Waals surface area contributed by atoms with Gasteiger partial charge in [0.2, 0.25) is 0 Å². The summed E-state index contributed by atoms with van der Waals surface area (Å²) in [6, 6.07) is 23.8. The van der Waals surface area contributed by atoms with E-state index in [0.29, 0.717) is 5.75 Å². The summed E-state index contributed by atoms with van der Waals surface area (Å²) in [6.45, 7) is -0.354. The van der Waals surface area contributed by atoms with Gasteiger partial charge in [0.05, 0.1) is 0 Å². The number of thioether (sulfide) groups is 1. The predicted octanol–water partition coefficient (Wildman–Crippen LogP) is 5.51. The van der Waals surface area contributed by atoms with Gasteiger partial charge < -0.3 is 9.84 Å². The maximum absolute atomic E-state index is 13.3. The van der Waals surface area contributed by atoms with Crippen molar-refractivity contribution >= 4 is 23.3 Å². The largest absolute Gasteiger partial charge is 0.482 e. The normalized spacial score (nSPS) is 11.2. The lowest BCUT2D eigenvalue weighted by Gasteiger charge is -2.09. The number of carbonyl (C=O) groups is 1. The molecule has 0 heterocycles. The quantitative estimate of drug-likeness (QED) is 0.512. The molecule has 0 bridgehead atoms. The summed E-state index contributed by atoms with van der Waals surface area (Å²) >= 11 is 1.65. The fourth-order valence-electron chi connectivity index (χ4n) is 2.65. The third-order valence-electron chi connectivity index (χ3n) is 3.96. The second-order valence-corrected chi connectivity index (χ2v) is 7.05. The van der Waals surface area contributed by atoms with E-state index in [1.165, 1.54) is 12.1 Å². The first-order valence-corrected chi connectivity index (χ1v) is 9.69.